The van der Waals surface area contributed by atoms with E-state index < -0.39 is 33.6 Å². The van der Waals surface area contributed by atoms with Gasteiger partial charge in [-0.25, -0.2) is 8.42 Å². The van der Waals surface area contributed by atoms with E-state index in [2.05, 4.69) is 28.6 Å². The number of nitrogens with one attached hydrogen (secondary N) is 3. The summed E-state index contributed by atoms with van der Waals surface area (Å²) in [5, 5.41) is 18.8. The van der Waals surface area contributed by atoms with Gasteiger partial charge in [-0.2, -0.15) is 0 Å². The van der Waals surface area contributed by atoms with Crippen molar-refractivity contribution in [2.45, 2.75) is 37.4 Å². The fourth-order valence-electron chi connectivity index (χ4n) is 3.04. The Bertz CT molecular complexity index is 977. The van der Waals surface area contributed by atoms with Crippen LogP contribution in [0.1, 0.15) is 18.1 Å². The van der Waals surface area contributed by atoms with Crippen LogP contribution in [-0.4, -0.2) is 50.4 Å². The molecule has 0 fully saturated rings. The van der Waals surface area contributed by atoms with E-state index in [1.807, 2.05) is 25.1 Å². The van der Waals surface area contributed by atoms with Crippen LogP contribution in [0.15, 0.2) is 71.8 Å². The summed E-state index contributed by atoms with van der Waals surface area (Å²) < 4.78 is 25.3. The van der Waals surface area contributed by atoms with E-state index in [-0.39, 0.29) is 18.0 Å². The van der Waals surface area contributed by atoms with Gasteiger partial charge in [-0.05, 0) is 31.5 Å². The first kappa shape index (κ1) is 24.6. The Morgan fingerprint density at radius 1 is 1.10 bits per heavy atom. The molecule has 2 aromatic rings. The van der Waals surface area contributed by atoms with Crippen molar-refractivity contribution in [2.75, 3.05) is 18.8 Å². The van der Waals surface area contributed by atoms with Gasteiger partial charge in [-0.3, -0.25) is 4.79 Å². The normalized spacial score (nSPS) is 13.3. The zero-order chi connectivity index (χ0) is 22.9. The molecule has 2 atom stereocenters. The van der Waals surface area contributed by atoms with Gasteiger partial charge in [-0.15, -0.1) is 0 Å². The molecular weight excluding hydrogens is 414 g/mol. The van der Waals surface area contributed by atoms with Crippen LogP contribution in [0.4, 0.5) is 0 Å². The Kier molecular flexibility index (Phi) is 9.23. The minimum Gasteiger partial charge on any atom is -0.390 e. The second-order valence-corrected chi connectivity index (χ2v) is 9.62. The van der Waals surface area contributed by atoms with Crippen LogP contribution in [0.3, 0.4) is 0 Å². The van der Waals surface area contributed by atoms with Crippen molar-refractivity contribution in [3.8, 4) is 0 Å². The van der Waals surface area contributed by atoms with Crippen LogP contribution in [0.25, 0.3) is 0 Å². The molecule has 0 aliphatic carbocycles. The Hall–Kier alpha value is -2.68. The second kappa shape index (κ2) is 11.6. The first-order chi connectivity index (χ1) is 14.7. The van der Waals surface area contributed by atoms with Crippen LogP contribution in [-0.2, 0) is 21.2 Å². The molecule has 0 aliphatic rings. The number of aliphatic hydroxyl groups excluding tert-OH is 1. The topological polar surface area (TPSA) is 108 Å². The van der Waals surface area contributed by atoms with Crippen molar-refractivity contribution < 1.29 is 18.3 Å². The Labute approximate surface area is 184 Å². The standard InChI is InChI=1S/C23H31N3O4S/c1-17(2)26-22(16-31(29,30)21-10-5-4-6-11-21)23(28)25-15-20(27)14-24-13-19-9-7-8-18(3)12-19/h4-12,20,22,24,26-27H,1,13-16H2,2-3H3,(H,25,28). The number of benzene rings is 2. The third-order valence-corrected chi connectivity index (χ3v) is 6.29. The Balaban J connectivity index is 1.87. The van der Waals surface area contributed by atoms with Gasteiger partial charge < -0.3 is 21.1 Å². The van der Waals surface area contributed by atoms with Gasteiger partial charge in [0.1, 0.15) is 6.04 Å². The van der Waals surface area contributed by atoms with Crippen molar-refractivity contribution in [1.29, 1.82) is 0 Å². The highest BCUT2D eigenvalue weighted by Crippen LogP contribution is 2.12. The third-order valence-electron chi connectivity index (χ3n) is 4.53. The molecule has 0 bridgehead atoms. The van der Waals surface area contributed by atoms with Crippen molar-refractivity contribution in [2.24, 2.45) is 0 Å². The number of aliphatic hydroxyl groups is 1. The molecule has 0 spiro atoms. The van der Waals surface area contributed by atoms with Crippen LogP contribution in [0.5, 0.6) is 0 Å². The van der Waals surface area contributed by atoms with Crippen molar-refractivity contribution in [1.82, 2.24) is 16.0 Å². The van der Waals surface area contributed by atoms with E-state index in [0.717, 1.165) is 11.1 Å². The molecule has 7 nitrogen and oxygen atoms in total. The minimum atomic E-state index is -3.68. The Morgan fingerprint density at radius 2 is 1.81 bits per heavy atom. The molecule has 2 rings (SSSR count). The van der Waals surface area contributed by atoms with Gasteiger partial charge in [0.25, 0.3) is 0 Å². The first-order valence-corrected chi connectivity index (χ1v) is 11.7. The van der Waals surface area contributed by atoms with Crippen LogP contribution >= 0.6 is 0 Å². The molecule has 8 heteroatoms. The van der Waals surface area contributed by atoms with Gasteiger partial charge >= 0.3 is 0 Å². The van der Waals surface area contributed by atoms with Gasteiger partial charge in [0.05, 0.1) is 16.8 Å². The van der Waals surface area contributed by atoms with Gasteiger partial charge in [0, 0.05) is 25.3 Å². The number of sulfone groups is 1. The zero-order valence-electron chi connectivity index (χ0n) is 18.0. The molecule has 0 radical (unpaired) electrons. The molecular formula is C23H31N3O4S. The fourth-order valence-corrected chi connectivity index (χ4v) is 4.48. The third kappa shape index (κ3) is 8.53. The lowest BCUT2D eigenvalue weighted by Crippen LogP contribution is -2.49. The highest BCUT2D eigenvalue weighted by Gasteiger charge is 2.27. The SMILES string of the molecule is C=C(C)NC(CS(=O)(=O)c1ccccc1)C(=O)NCC(O)CNCc1cccc(C)c1. The summed E-state index contributed by atoms with van der Waals surface area (Å²) in [6, 6.07) is 15.0. The van der Waals surface area contributed by atoms with E-state index in [1.165, 1.54) is 12.1 Å². The smallest absolute Gasteiger partial charge is 0.243 e. The number of hydrogen-bond donors (Lipinski definition) is 4. The van der Waals surface area contributed by atoms with E-state index >= 15 is 0 Å². The van der Waals surface area contributed by atoms with E-state index in [0.29, 0.717) is 12.2 Å². The van der Waals surface area contributed by atoms with E-state index in [9.17, 15) is 18.3 Å². The average molecular weight is 446 g/mol. The van der Waals surface area contributed by atoms with Crippen molar-refractivity contribution in [3.05, 3.63) is 78.0 Å². The maximum atomic E-state index is 12.7. The minimum absolute atomic E-state index is 0.000589. The molecule has 31 heavy (non-hydrogen) atoms. The van der Waals surface area contributed by atoms with Crippen molar-refractivity contribution >= 4 is 15.7 Å². The molecule has 0 aliphatic heterocycles. The van der Waals surface area contributed by atoms with Crippen molar-refractivity contribution in [3.63, 3.8) is 0 Å². The molecule has 4 N–H and O–H groups in total. The van der Waals surface area contributed by atoms with E-state index in [4.69, 9.17) is 0 Å². The number of carbonyl (C=O) groups is 1. The molecule has 2 aromatic carbocycles. The molecule has 0 saturated carbocycles. The monoisotopic (exact) mass is 445 g/mol. The van der Waals surface area contributed by atoms with Crippen LogP contribution in [0.2, 0.25) is 0 Å². The van der Waals surface area contributed by atoms with Gasteiger partial charge in [0.2, 0.25) is 5.91 Å². The summed E-state index contributed by atoms with van der Waals surface area (Å²) in [7, 11) is -3.68. The molecule has 0 saturated heterocycles. The van der Waals surface area contributed by atoms with Gasteiger partial charge in [0.15, 0.2) is 9.84 Å². The fraction of sp³-hybridized carbons (Fsp3) is 0.348. The van der Waals surface area contributed by atoms with Gasteiger partial charge in [-0.1, -0.05) is 54.6 Å². The lowest BCUT2D eigenvalue weighted by Gasteiger charge is -2.21. The summed E-state index contributed by atoms with van der Waals surface area (Å²) in [5.41, 5.74) is 2.74. The number of carbonyl (C=O) groups excluding carboxylic acids is 1. The number of amides is 1. The number of aryl methyl sites for hydroxylation is 1. The predicted molar refractivity (Wildman–Crippen MR) is 122 cm³/mol. The maximum absolute atomic E-state index is 12.7. The maximum Gasteiger partial charge on any atom is 0.243 e. The molecule has 1 amide bonds. The largest absolute Gasteiger partial charge is 0.390 e. The highest BCUT2D eigenvalue weighted by molar-refractivity contribution is 7.91. The predicted octanol–water partition coefficient (Wildman–Crippen LogP) is 1.53. The zero-order valence-corrected chi connectivity index (χ0v) is 18.8. The summed E-state index contributed by atoms with van der Waals surface area (Å²) in [4.78, 5) is 12.8. The first-order valence-electron chi connectivity index (χ1n) is 10.1. The number of hydrogen-bond acceptors (Lipinski definition) is 6. The lowest BCUT2D eigenvalue weighted by atomic mass is 10.1. The Morgan fingerprint density at radius 3 is 2.45 bits per heavy atom. The summed E-state index contributed by atoms with van der Waals surface area (Å²) in [6.45, 7) is 8.26. The quantitative estimate of drug-likeness (QED) is 0.395. The highest BCUT2D eigenvalue weighted by atomic mass is 32.2. The summed E-state index contributed by atoms with van der Waals surface area (Å²) in [5.74, 6) is -0.933. The molecule has 0 aromatic heterocycles. The number of allylic oxidation sites excluding steroid dienone is 1. The lowest BCUT2D eigenvalue weighted by molar-refractivity contribution is -0.122. The average Bonchev–Trinajstić information content (AvgIpc) is 2.72. The molecule has 0 heterocycles. The number of rotatable bonds is 12. The summed E-state index contributed by atoms with van der Waals surface area (Å²) >= 11 is 0. The second-order valence-electron chi connectivity index (χ2n) is 7.59. The van der Waals surface area contributed by atoms with E-state index in [1.54, 1.807) is 25.1 Å². The summed E-state index contributed by atoms with van der Waals surface area (Å²) in [6.07, 6.45) is -0.815. The van der Waals surface area contributed by atoms with Crippen LogP contribution in [0, 0.1) is 6.92 Å². The molecule has 2 unspecified atom stereocenters. The molecule has 168 valence electrons. The van der Waals surface area contributed by atoms with Crippen LogP contribution < -0.4 is 16.0 Å².